The van der Waals surface area contributed by atoms with Crippen LogP contribution in [0.5, 0.6) is 0 Å². The highest BCUT2D eigenvalue weighted by atomic mass is 16.4. The van der Waals surface area contributed by atoms with Gasteiger partial charge < -0.3 is 16.2 Å². The lowest BCUT2D eigenvalue weighted by Crippen LogP contribution is -2.38. The van der Waals surface area contributed by atoms with Gasteiger partial charge in [-0.15, -0.1) is 0 Å². The van der Waals surface area contributed by atoms with Gasteiger partial charge in [-0.05, 0) is 24.9 Å². The molecule has 0 radical (unpaired) electrons. The van der Waals surface area contributed by atoms with Crippen molar-refractivity contribution in [2.24, 2.45) is 5.73 Å². The van der Waals surface area contributed by atoms with Crippen molar-refractivity contribution in [1.29, 1.82) is 0 Å². The Bertz CT molecular complexity index is 392. The largest absolute Gasteiger partial charge is 0.480 e. The Morgan fingerprint density at radius 2 is 1.94 bits per heavy atom. The summed E-state index contributed by atoms with van der Waals surface area (Å²) in [6.45, 7) is 0.555. The minimum atomic E-state index is -0.954. The molecule has 1 atom stereocenters. The molecule has 1 rings (SSSR count). The highest BCUT2D eigenvalue weighted by molar-refractivity contribution is 5.77. The van der Waals surface area contributed by atoms with Crippen LogP contribution in [0, 0.1) is 0 Å². The zero-order valence-corrected chi connectivity index (χ0v) is 10.1. The van der Waals surface area contributed by atoms with Gasteiger partial charge in [0.05, 0.1) is 0 Å². The molecular formula is C13H18N2O3. The molecule has 0 bridgehead atoms. The molecule has 0 heterocycles. The fourth-order valence-electron chi connectivity index (χ4n) is 1.63. The van der Waals surface area contributed by atoms with Crippen LogP contribution in [-0.2, 0) is 16.0 Å². The molecule has 1 aromatic carbocycles. The summed E-state index contributed by atoms with van der Waals surface area (Å²) < 4.78 is 0. The number of benzene rings is 1. The zero-order chi connectivity index (χ0) is 13.4. The number of carboxylic acids is 1. The van der Waals surface area contributed by atoms with Crippen LogP contribution in [0.3, 0.4) is 0 Å². The number of carboxylic acid groups (broad SMARTS) is 1. The van der Waals surface area contributed by atoms with Crippen LogP contribution in [0.2, 0.25) is 0 Å². The standard InChI is InChI=1S/C13H18N2O3/c14-12(16)7-6-11(13(17)18)15-9-8-10-4-2-1-3-5-10/h1-5,11,15H,6-9H2,(H2,14,16)(H,17,18). The zero-order valence-electron chi connectivity index (χ0n) is 10.1. The third kappa shape index (κ3) is 5.45. The summed E-state index contributed by atoms with van der Waals surface area (Å²) in [4.78, 5) is 21.6. The maximum absolute atomic E-state index is 10.9. The molecule has 4 N–H and O–H groups in total. The summed E-state index contributed by atoms with van der Waals surface area (Å²) >= 11 is 0. The average Bonchev–Trinajstić information content (AvgIpc) is 2.34. The van der Waals surface area contributed by atoms with Crippen LogP contribution in [0.4, 0.5) is 0 Å². The van der Waals surface area contributed by atoms with Crippen LogP contribution in [-0.4, -0.2) is 29.6 Å². The molecule has 0 aliphatic rings. The van der Waals surface area contributed by atoms with E-state index in [4.69, 9.17) is 10.8 Å². The van der Waals surface area contributed by atoms with Crippen LogP contribution >= 0.6 is 0 Å². The predicted molar refractivity (Wildman–Crippen MR) is 68.0 cm³/mol. The molecule has 0 saturated heterocycles. The molecule has 1 unspecified atom stereocenters. The lowest BCUT2D eigenvalue weighted by atomic mass is 10.1. The van der Waals surface area contributed by atoms with E-state index in [1.807, 2.05) is 30.3 Å². The molecule has 0 spiro atoms. The lowest BCUT2D eigenvalue weighted by Gasteiger charge is -2.13. The van der Waals surface area contributed by atoms with Crippen molar-refractivity contribution < 1.29 is 14.7 Å². The number of carbonyl (C=O) groups excluding carboxylic acids is 1. The summed E-state index contributed by atoms with van der Waals surface area (Å²) in [5, 5.41) is 11.9. The Labute approximate surface area is 106 Å². The Morgan fingerprint density at radius 3 is 2.50 bits per heavy atom. The quantitative estimate of drug-likeness (QED) is 0.627. The number of hydrogen-bond donors (Lipinski definition) is 3. The van der Waals surface area contributed by atoms with E-state index in [9.17, 15) is 9.59 Å². The Morgan fingerprint density at radius 1 is 1.28 bits per heavy atom. The van der Waals surface area contributed by atoms with E-state index in [0.29, 0.717) is 6.54 Å². The van der Waals surface area contributed by atoms with Crippen molar-refractivity contribution in [3.05, 3.63) is 35.9 Å². The second-order valence-corrected chi connectivity index (χ2v) is 4.09. The SMILES string of the molecule is NC(=O)CCC(NCCc1ccccc1)C(=O)O. The van der Waals surface area contributed by atoms with Crippen molar-refractivity contribution >= 4 is 11.9 Å². The first-order chi connectivity index (χ1) is 8.59. The normalized spacial score (nSPS) is 12.0. The van der Waals surface area contributed by atoms with Gasteiger partial charge in [0.25, 0.3) is 0 Å². The van der Waals surface area contributed by atoms with Gasteiger partial charge in [0.15, 0.2) is 0 Å². The number of rotatable bonds is 8. The van der Waals surface area contributed by atoms with E-state index in [1.165, 1.54) is 0 Å². The molecule has 1 aromatic rings. The first-order valence-electron chi connectivity index (χ1n) is 5.88. The molecule has 0 aromatic heterocycles. The third-order valence-corrected chi connectivity index (χ3v) is 2.62. The van der Waals surface area contributed by atoms with E-state index in [2.05, 4.69) is 5.32 Å². The Hall–Kier alpha value is -1.88. The van der Waals surface area contributed by atoms with Crippen LogP contribution in [0.15, 0.2) is 30.3 Å². The maximum atomic E-state index is 10.9. The molecule has 18 heavy (non-hydrogen) atoms. The number of nitrogens with two attached hydrogens (primary N) is 1. The molecule has 0 fully saturated rings. The van der Waals surface area contributed by atoms with Crippen molar-refractivity contribution in [2.75, 3.05) is 6.54 Å². The molecule has 0 aliphatic heterocycles. The van der Waals surface area contributed by atoms with Gasteiger partial charge in [-0.1, -0.05) is 30.3 Å². The number of carbonyl (C=O) groups is 2. The van der Waals surface area contributed by atoms with Crippen molar-refractivity contribution in [3.63, 3.8) is 0 Å². The van der Waals surface area contributed by atoms with E-state index in [-0.39, 0.29) is 12.8 Å². The van der Waals surface area contributed by atoms with Crippen molar-refractivity contribution in [2.45, 2.75) is 25.3 Å². The fourth-order valence-corrected chi connectivity index (χ4v) is 1.63. The minimum Gasteiger partial charge on any atom is -0.480 e. The average molecular weight is 250 g/mol. The third-order valence-electron chi connectivity index (χ3n) is 2.62. The highest BCUT2D eigenvalue weighted by Crippen LogP contribution is 2.01. The van der Waals surface area contributed by atoms with E-state index in [0.717, 1.165) is 12.0 Å². The van der Waals surface area contributed by atoms with Gasteiger partial charge in [-0.2, -0.15) is 0 Å². The number of primary amides is 1. The Balaban J connectivity index is 2.34. The second-order valence-electron chi connectivity index (χ2n) is 4.09. The minimum absolute atomic E-state index is 0.0787. The van der Waals surface area contributed by atoms with E-state index >= 15 is 0 Å². The summed E-state index contributed by atoms with van der Waals surface area (Å²) in [6, 6.07) is 9.07. The second kappa shape index (κ2) is 7.45. The highest BCUT2D eigenvalue weighted by Gasteiger charge is 2.16. The molecule has 5 heteroatoms. The van der Waals surface area contributed by atoms with Gasteiger partial charge in [0.2, 0.25) is 5.91 Å². The number of aliphatic carboxylic acids is 1. The fraction of sp³-hybridized carbons (Fsp3) is 0.385. The van der Waals surface area contributed by atoms with Crippen LogP contribution in [0.1, 0.15) is 18.4 Å². The van der Waals surface area contributed by atoms with Crippen molar-refractivity contribution in [3.8, 4) is 0 Å². The number of amides is 1. The first-order valence-corrected chi connectivity index (χ1v) is 5.88. The molecule has 1 amide bonds. The van der Waals surface area contributed by atoms with E-state index in [1.54, 1.807) is 0 Å². The number of nitrogens with one attached hydrogen (secondary N) is 1. The van der Waals surface area contributed by atoms with Crippen LogP contribution in [0.25, 0.3) is 0 Å². The summed E-state index contributed by atoms with van der Waals surface area (Å²) in [7, 11) is 0. The van der Waals surface area contributed by atoms with Gasteiger partial charge in [0, 0.05) is 6.42 Å². The van der Waals surface area contributed by atoms with Gasteiger partial charge >= 0.3 is 5.97 Å². The van der Waals surface area contributed by atoms with Crippen LogP contribution < -0.4 is 11.1 Å². The predicted octanol–water partition coefficient (Wildman–Crippen LogP) is 0.537. The lowest BCUT2D eigenvalue weighted by molar-refractivity contribution is -0.139. The first kappa shape index (κ1) is 14.2. The van der Waals surface area contributed by atoms with E-state index < -0.39 is 17.9 Å². The molecule has 98 valence electrons. The molecule has 0 saturated carbocycles. The summed E-state index contributed by atoms with van der Waals surface area (Å²) in [5.74, 6) is -1.43. The maximum Gasteiger partial charge on any atom is 0.320 e. The van der Waals surface area contributed by atoms with Crippen molar-refractivity contribution in [1.82, 2.24) is 5.32 Å². The van der Waals surface area contributed by atoms with Gasteiger partial charge in [-0.3, -0.25) is 9.59 Å². The molecular weight excluding hydrogens is 232 g/mol. The molecule has 5 nitrogen and oxygen atoms in total. The van der Waals surface area contributed by atoms with Gasteiger partial charge in [0.1, 0.15) is 6.04 Å². The van der Waals surface area contributed by atoms with Gasteiger partial charge in [-0.25, -0.2) is 0 Å². The Kier molecular flexibility index (Phi) is 5.87. The molecule has 0 aliphatic carbocycles. The monoisotopic (exact) mass is 250 g/mol. The smallest absolute Gasteiger partial charge is 0.320 e. The topological polar surface area (TPSA) is 92.4 Å². The summed E-state index contributed by atoms with van der Waals surface area (Å²) in [5.41, 5.74) is 6.14. The summed E-state index contributed by atoms with van der Waals surface area (Å²) in [6.07, 6.45) is 1.05. The number of hydrogen-bond acceptors (Lipinski definition) is 3.